The predicted octanol–water partition coefficient (Wildman–Crippen LogP) is 1.07. The molecule has 2 aromatic heterocycles. The number of aromatic nitrogens is 4. The molecular weight excluding hydrogens is 174 g/mol. The number of pyridine rings is 1. The highest BCUT2D eigenvalue weighted by molar-refractivity contribution is 7.09. The average Bonchev–Trinajstić information content (AvgIpc) is 2.59. The van der Waals surface area contributed by atoms with Gasteiger partial charge < -0.3 is 5.32 Å². The summed E-state index contributed by atoms with van der Waals surface area (Å²) in [6.07, 6.45) is 1.71. The second kappa shape index (κ2) is 3.22. The third-order valence-electron chi connectivity index (χ3n) is 1.20. The largest absolute Gasteiger partial charge is 0.314 e. The third-order valence-corrected chi connectivity index (χ3v) is 1.71. The van der Waals surface area contributed by atoms with Crippen molar-refractivity contribution in [3.05, 3.63) is 24.4 Å². The van der Waals surface area contributed by atoms with E-state index >= 15 is 0 Å². The summed E-state index contributed by atoms with van der Waals surface area (Å²) in [5, 5.41) is 10.8. The summed E-state index contributed by atoms with van der Waals surface area (Å²) < 4.78 is 3.61. The lowest BCUT2D eigenvalue weighted by atomic mass is 10.5. The molecule has 0 amide bonds. The first-order valence-corrected chi connectivity index (χ1v) is 4.05. The van der Waals surface area contributed by atoms with E-state index in [4.69, 9.17) is 0 Å². The van der Waals surface area contributed by atoms with E-state index in [0.29, 0.717) is 5.13 Å². The summed E-state index contributed by atoms with van der Waals surface area (Å²) in [6, 6.07) is 5.59. The maximum atomic E-state index is 4.05. The molecule has 0 saturated carbocycles. The zero-order valence-corrected chi connectivity index (χ0v) is 6.82. The monoisotopic (exact) mass is 179 g/mol. The van der Waals surface area contributed by atoms with E-state index < -0.39 is 0 Å². The molecular formula is C6H5N5S. The molecule has 0 fully saturated rings. The smallest absolute Gasteiger partial charge is 0.230 e. The molecule has 2 rings (SSSR count). The standard InChI is InChI=1S/C6H5N5S/c1-2-4-7-5(3-1)8-6-9-10-11-12-6/h1-4H,(H,7,8,9,11). The van der Waals surface area contributed by atoms with Crippen LogP contribution in [0.1, 0.15) is 0 Å². The highest BCUT2D eigenvalue weighted by atomic mass is 32.1. The van der Waals surface area contributed by atoms with Crippen molar-refractivity contribution < 1.29 is 0 Å². The summed E-state index contributed by atoms with van der Waals surface area (Å²) in [5.41, 5.74) is 0. The first-order chi connectivity index (χ1) is 5.95. The molecule has 5 nitrogen and oxygen atoms in total. The van der Waals surface area contributed by atoms with Gasteiger partial charge in [0.25, 0.3) is 0 Å². The van der Waals surface area contributed by atoms with Crippen LogP contribution < -0.4 is 5.32 Å². The molecule has 0 spiro atoms. The van der Waals surface area contributed by atoms with Crippen LogP contribution in [0.5, 0.6) is 0 Å². The van der Waals surface area contributed by atoms with Crippen LogP contribution in [-0.2, 0) is 0 Å². The van der Waals surface area contributed by atoms with Crippen molar-refractivity contribution in [1.82, 2.24) is 19.8 Å². The zero-order chi connectivity index (χ0) is 8.23. The molecule has 12 heavy (non-hydrogen) atoms. The van der Waals surface area contributed by atoms with Crippen molar-refractivity contribution >= 4 is 22.5 Å². The van der Waals surface area contributed by atoms with Crippen LogP contribution in [0.15, 0.2) is 24.4 Å². The number of nitrogens with one attached hydrogen (secondary N) is 1. The van der Waals surface area contributed by atoms with Gasteiger partial charge in [-0.15, -0.1) is 0 Å². The van der Waals surface area contributed by atoms with Crippen LogP contribution in [0.4, 0.5) is 10.9 Å². The average molecular weight is 179 g/mol. The summed E-state index contributed by atoms with van der Waals surface area (Å²) >= 11 is 1.19. The van der Waals surface area contributed by atoms with Crippen LogP contribution in [0, 0.1) is 0 Å². The van der Waals surface area contributed by atoms with Crippen molar-refractivity contribution in [2.75, 3.05) is 5.32 Å². The Morgan fingerprint density at radius 3 is 3.00 bits per heavy atom. The van der Waals surface area contributed by atoms with E-state index in [9.17, 15) is 0 Å². The number of rotatable bonds is 2. The van der Waals surface area contributed by atoms with Crippen molar-refractivity contribution in [2.24, 2.45) is 0 Å². The topological polar surface area (TPSA) is 63.6 Å². The van der Waals surface area contributed by atoms with E-state index in [1.54, 1.807) is 6.20 Å². The Hall–Kier alpha value is -1.56. The van der Waals surface area contributed by atoms with Gasteiger partial charge in [0, 0.05) is 17.7 Å². The van der Waals surface area contributed by atoms with Gasteiger partial charge in [-0.2, -0.15) is 0 Å². The molecule has 0 saturated heterocycles. The Balaban J connectivity index is 2.15. The van der Waals surface area contributed by atoms with Gasteiger partial charge in [-0.25, -0.2) is 4.98 Å². The van der Waals surface area contributed by atoms with Crippen molar-refractivity contribution in [2.45, 2.75) is 0 Å². The molecule has 2 aromatic rings. The summed E-state index contributed by atoms with van der Waals surface area (Å²) in [4.78, 5) is 4.05. The normalized spacial score (nSPS) is 9.67. The maximum Gasteiger partial charge on any atom is 0.230 e. The molecule has 0 radical (unpaired) electrons. The molecule has 0 bridgehead atoms. The Labute approximate surface area is 72.6 Å². The first-order valence-electron chi connectivity index (χ1n) is 3.28. The fourth-order valence-corrected chi connectivity index (χ4v) is 1.10. The van der Waals surface area contributed by atoms with Gasteiger partial charge in [-0.1, -0.05) is 15.7 Å². The molecule has 0 unspecified atom stereocenters. The Bertz CT molecular complexity index is 332. The van der Waals surface area contributed by atoms with Crippen LogP contribution in [-0.4, -0.2) is 19.8 Å². The Morgan fingerprint density at radius 1 is 1.33 bits per heavy atom. The van der Waals surface area contributed by atoms with Crippen LogP contribution >= 0.6 is 11.5 Å². The lowest BCUT2D eigenvalue weighted by molar-refractivity contribution is 0.960. The van der Waals surface area contributed by atoms with E-state index in [2.05, 4.69) is 25.1 Å². The van der Waals surface area contributed by atoms with Gasteiger partial charge in [0.2, 0.25) is 5.13 Å². The van der Waals surface area contributed by atoms with Gasteiger partial charge in [-0.05, 0) is 17.3 Å². The van der Waals surface area contributed by atoms with Crippen LogP contribution in [0.3, 0.4) is 0 Å². The van der Waals surface area contributed by atoms with Gasteiger partial charge in [0.05, 0.1) is 0 Å². The Kier molecular flexibility index (Phi) is 1.91. The minimum atomic E-state index is 0.647. The van der Waals surface area contributed by atoms with Gasteiger partial charge >= 0.3 is 0 Å². The first kappa shape index (κ1) is 7.11. The van der Waals surface area contributed by atoms with Crippen LogP contribution in [0.25, 0.3) is 0 Å². The van der Waals surface area contributed by atoms with Crippen molar-refractivity contribution in [3.63, 3.8) is 0 Å². The molecule has 6 heteroatoms. The predicted molar refractivity (Wildman–Crippen MR) is 45.2 cm³/mol. The molecule has 60 valence electrons. The maximum absolute atomic E-state index is 4.05. The van der Waals surface area contributed by atoms with Gasteiger partial charge in [0.1, 0.15) is 5.82 Å². The van der Waals surface area contributed by atoms with Gasteiger partial charge in [0.15, 0.2) is 0 Å². The second-order valence-corrected chi connectivity index (χ2v) is 2.74. The molecule has 0 aliphatic carbocycles. The number of hydrogen-bond acceptors (Lipinski definition) is 6. The minimum Gasteiger partial charge on any atom is -0.314 e. The lowest BCUT2D eigenvalue weighted by Crippen LogP contribution is -1.91. The molecule has 0 aliphatic rings. The summed E-state index contributed by atoms with van der Waals surface area (Å²) in [7, 11) is 0. The highest BCUT2D eigenvalue weighted by Crippen LogP contribution is 2.11. The SMILES string of the molecule is c1ccc(Nc2nnns2)nc1. The molecule has 0 aliphatic heterocycles. The number of hydrogen-bond donors (Lipinski definition) is 1. The van der Waals surface area contributed by atoms with E-state index in [0.717, 1.165) is 5.82 Å². The molecule has 2 heterocycles. The minimum absolute atomic E-state index is 0.647. The van der Waals surface area contributed by atoms with E-state index in [1.165, 1.54) is 11.5 Å². The quantitative estimate of drug-likeness (QED) is 0.747. The fourth-order valence-electron chi connectivity index (χ4n) is 0.728. The number of anilines is 2. The summed E-state index contributed by atoms with van der Waals surface area (Å²) in [6.45, 7) is 0. The fraction of sp³-hybridized carbons (Fsp3) is 0. The molecule has 0 aromatic carbocycles. The van der Waals surface area contributed by atoms with E-state index in [1.807, 2.05) is 18.2 Å². The van der Waals surface area contributed by atoms with Crippen molar-refractivity contribution in [1.29, 1.82) is 0 Å². The van der Waals surface area contributed by atoms with Crippen molar-refractivity contribution in [3.8, 4) is 0 Å². The van der Waals surface area contributed by atoms with Gasteiger partial charge in [-0.3, -0.25) is 0 Å². The lowest BCUT2D eigenvalue weighted by Gasteiger charge is -1.96. The number of nitrogens with zero attached hydrogens (tertiary/aromatic N) is 4. The molecule has 1 N–H and O–H groups in total. The third kappa shape index (κ3) is 1.54. The van der Waals surface area contributed by atoms with Crippen LogP contribution in [0.2, 0.25) is 0 Å². The highest BCUT2D eigenvalue weighted by Gasteiger charge is 1.97. The molecule has 0 atom stereocenters. The summed E-state index contributed by atoms with van der Waals surface area (Å²) in [5.74, 6) is 0.746. The Morgan fingerprint density at radius 2 is 2.33 bits per heavy atom. The zero-order valence-electron chi connectivity index (χ0n) is 6.01. The second-order valence-electron chi connectivity index (χ2n) is 2.01. The van der Waals surface area contributed by atoms with E-state index in [-0.39, 0.29) is 0 Å².